The van der Waals surface area contributed by atoms with Gasteiger partial charge in [0.05, 0.1) is 3.79 Å². The highest BCUT2D eigenvalue weighted by molar-refractivity contribution is 9.13. The number of carboxylic acids is 1. The zero-order valence-electron chi connectivity index (χ0n) is 7.62. The third-order valence-corrected chi connectivity index (χ3v) is 4.99. The quantitative estimate of drug-likeness (QED) is 0.918. The summed E-state index contributed by atoms with van der Waals surface area (Å²) in [6.45, 7) is 0. The molecule has 0 saturated heterocycles. The summed E-state index contributed by atoms with van der Waals surface area (Å²) < 4.78 is 1.81. The Hall–Kier alpha value is 0.0900. The number of thiophene rings is 1. The molecule has 3 nitrogen and oxygen atoms in total. The molecule has 0 amide bonds. The molecule has 0 aliphatic carbocycles. The van der Waals surface area contributed by atoms with Crippen LogP contribution in [-0.2, 0) is 4.79 Å². The van der Waals surface area contributed by atoms with Crippen molar-refractivity contribution < 1.29 is 9.90 Å². The third-order valence-electron chi connectivity index (χ3n) is 1.68. The molecule has 1 heterocycles. The number of carboxylic acid groups (broad SMARTS) is 1. The monoisotopic (exact) mass is 341 g/mol. The highest BCUT2D eigenvalue weighted by atomic mass is 79.9. The van der Waals surface area contributed by atoms with Gasteiger partial charge in [0.2, 0.25) is 0 Å². The molecule has 1 aromatic rings. The van der Waals surface area contributed by atoms with E-state index in [9.17, 15) is 4.79 Å². The molecule has 6 heteroatoms. The van der Waals surface area contributed by atoms with E-state index in [1.807, 2.05) is 6.07 Å². The van der Waals surface area contributed by atoms with E-state index >= 15 is 0 Å². The average molecular weight is 343 g/mol. The Bertz CT molecular complexity index is 332. The lowest BCUT2D eigenvalue weighted by Gasteiger charge is -2.18. The maximum absolute atomic E-state index is 11.0. The molecule has 0 spiro atoms. The van der Waals surface area contributed by atoms with Gasteiger partial charge in [-0.25, -0.2) is 0 Å². The second-order valence-corrected chi connectivity index (χ2v) is 6.23. The van der Waals surface area contributed by atoms with Crippen molar-refractivity contribution >= 4 is 49.2 Å². The van der Waals surface area contributed by atoms with E-state index in [0.29, 0.717) is 0 Å². The number of hydrogen-bond donors (Lipinski definition) is 1. The number of halogens is 2. The molecule has 14 heavy (non-hydrogen) atoms. The smallest absolute Gasteiger partial charge is 0.326 e. The van der Waals surface area contributed by atoms with Crippen LogP contribution in [0.15, 0.2) is 14.3 Å². The van der Waals surface area contributed by atoms with Crippen LogP contribution in [0.3, 0.4) is 0 Å². The van der Waals surface area contributed by atoms with Gasteiger partial charge in [0, 0.05) is 9.35 Å². The van der Waals surface area contributed by atoms with Gasteiger partial charge in [-0.2, -0.15) is 0 Å². The number of rotatable bonds is 3. The first kappa shape index (κ1) is 12.2. The third kappa shape index (κ3) is 2.56. The molecule has 1 N–H and O–H groups in total. The van der Waals surface area contributed by atoms with Crippen LogP contribution in [0, 0.1) is 0 Å². The van der Waals surface area contributed by atoms with Crippen molar-refractivity contribution in [1.29, 1.82) is 0 Å². The summed E-state index contributed by atoms with van der Waals surface area (Å²) in [6.07, 6.45) is 0. The Morgan fingerprint density at radius 1 is 1.57 bits per heavy atom. The van der Waals surface area contributed by atoms with Crippen LogP contribution in [0.5, 0.6) is 0 Å². The number of nitrogens with zero attached hydrogens (tertiary/aromatic N) is 1. The maximum Gasteiger partial charge on any atom is 0.326 e. The molecule has 1 atom stereocenters. The predicted molar refractivity (Wildman–Crippen MR) is 63.8 cm³/mol. The van der Waals surface area contributed by atoms with Gasteiger partial charge in [-0.1, -0.05) is 0 Å². The van der Waals surface area contributed by atoms with Gasteiger partial charge in [-0.3, -0.25) is 9.69 Å². The normalized spacial score (nSPS) is 13.2. The van der Waals surface area contributed by atoms with Crippen LogP contribution >= 0.6 is 43.2 Å². The van der Waals surface area contributed by atoms with E-state index in [1.54, 1.807) is 19.0 Å². The van der Waals surface area contributed by atoms with E-state index < -0.39 is 12.0 Å². The van der Waals surface area contributed by atoms with Crippen molar-refractivity contribution in [1.82, 2.24) is 4.90 Å². The van der Waals surface area contributed by atoms with E-state index in [1.165, 1.54) is 11.3 Å². The van der Waals surface area contributed by atoms with Crippen molar-refractivity contribution in [2.75, 3.05) is 14.1 Å². The molecule has 78 valence electrons. The first-order chi connectivity index (χ1) is 6.43. The van der Waals surface area contributed by atoms with Crippen LogP contribution in [0.1, 0.15) is 10.9 Å². The Morgan fingerprint density at radius 3 is 2.43 bits per heavy atom. The minimum Gasteiger partial charge on any atom is -0.480 e. The van der Waals surface area contributed by atoms with Crippen molar-refractivity contribution in [3.8, 4) is 0 Å². The summed E-state index contributed by atoms with van der Waals surface area (Å²) in [6, 6.07) is 1.25. The lowest BCUT2D eigenvalue weighted by atomic mass is 10.2. The summed E-state index contributed by atoms with van der Waals surface area (Å²) >= 11 is 8.10. The van der Waals surface area contributed by atoms with Gasteiger partial charge in [-0.05, 0) is 52.0 Å². The van der Waals surface area contributed by atoms with Crippen molar-refractivity contribution in [2.45, 2.75) is 6.04 Å². The Kier molecular flexibility index (Phi) is 4.12. The fraction of sp³-hybridized carbons (Fsp3) is 0.375. The van der Waals surface area contributed by atoms with Crippen molar-refractivity contribution in [2.24, 2.45) is 0 Å². The van der Waals surface area contributed by atoms with Gasteiger partial charge >= 0.3 is 5.97 Å². The minimum atomic E-state index is -0.837. The molecule has 0 bridgehead atoms. The van der Waals surface area contributed by atoms with E-state index in [4.69, 9.17) is 5.11 Å². The summed E-state index contributed by atoms with van der Waals surface area (Å²) in [5.41, 5.74) is 0. The van der Waals surface area contributed by atoms with Crippen LogP contribution in [0.25, 0.3) is 0 Å². The van der Waals surface area contributed by atoms with Gasteiger partial charge < -0.3 is 5.11 Å². The Morgan fingerprint density at radius 2 is 2.14 bits per heavy atom. The molecule has 1 rings (SSSR count). The van der Waals surface area contributed by atoms with Gasteiger partial charge in [0.15, 0.2) is 0 Å². The van der Waals surface area contributed by atoms with Gasteiger partial charge in [-0.15, -0.1) is 11.3 Å². The molecular formula is C8H9Br2NO2S. The SMILES string of the molecule is CN(C)C(C(=O)O)c1cc(Br)c(Br)s1. The first-order valence-corrected chi connectivity index (χ1v) is 6.17. The molecular weight excluding hydrogens is 334 g/mol. The molecule has 1 aromatic heterocycles. The summed E-state index contributed by atoms with van der Waals surface area (Å²) in [4.78, 5) is 13.5. The van der Waals surface area contributed by atoms with E-state index in [-0.39, 0.29) is 0 Å². The van der Waals surface area contributed by atoms with E-state index in [2.05, 4.69) is 31.9 Å². The van der Waals surface area contributed by atoms with Crippen molar-refractivity contribution in [3.05, 3.63) is 19.2 Å². The lowest BCUT2D eigenvalue weighted by Crippen LogP contribution is -2.26. The number of carbonyl (C=O) groups is 1. The predicted octanol–water partition coefficient (Wildman–Crippen LogP) is 2.96. The molecule has 0 radical (unpaired) electrons. The fourth-order valence-electron chi connectivity index (χ4n) is 1.10. The molecule has 0 aromatic carbocycles. The van der Waals surface area contributed by atoms with Crippen LogP contribution in [-0.4, -0.2) is 30.1 Å². The topological polar surface area (TPSA) is 40.5 Å². The largest absolute Gasteiger partial charge is 0.480 e. The first-order valence-electron chi connectivity index (χ1n) is 3.77. The second kappa shape index (κ2) is 4.74. The van der Waals surface area contributed by atoms with E-state index in [0.717, 1.165) is 13.1 Å². The molecule has 0 aliphatic rings. The summed E-state index contributed by atoms with van der Waals surface area (Å²) in [5, 5.41) is 9.03. The van der Waals surface area contributed by atoms with Crippen molar-refractivity contribution in [3.63, 3.8) is 0 Å². The molecule has 0 saturated carbocycles. The maximum atomic E-state index is 11.0. The minimum absolute atomic E-state index is 0.581. The van der Waals surface area contributed by atoms with Gasteiger partial charge in [0.25, 0.3) is 0 Å². The van der Waals surface area contributed by atoms with Gasteiger partial charge in [0.1, 0.15) is 6.04 Å². The standard InChI is InChI=1S/C8H9Br2NO2S/c1-11(2)6(8(12)13)5-3-4(9)7(10)14-5/h3,6H,1-2H3,(H,12,13). The zero-order chi connectivity index (χ0) is 10.9. The van der Waals surface area contributed by atoms with Crippen LogP contribution in [0.4, 0.5) is 0 Å². The van der Waals surface area contributed by atoms with Crippen LogP contribution < -0.4 is 0 Å². The fourth-order valence-corrected chi connectivity index (χ4v) is 3.37. The summed E-state index contributed by atoms with van der Waals surface area (Å²) in [7, 11) is 3.50. The zero-order valence-corrected chi connectivity index (χ0v) is 11.6. The second-order valence-electron chi connectivity index (χ2n) is 2.97. The highest BCUT2D eigenvalue weighted by Gasteiger charge is 2.24. The summed E-state index contributed by atoms with van der Waals surface area (Å²) in [5.74, 6) is -0.837. The molecule has 0 aliphatic heterocycles. The van der Waals surface area contributed by atoms with Crippen LogP contribution in [0.2, 0.25) is 0 Å². The number of hydrogen-bond acceptors (Lipinski definition) is 3. The number of aliphatic carboxylic acids is 1. The molecule has 1 unspecified atom stereocenters. The molecule has 0 fully saturated rings. The highest BCUT2D eigenvalue weighted by Crippen LogP contribution is 2.36. The Labute approximate surface area is 103 Å². The number of likely N-dealkylation sites (N-methyl/N-ethyl adjacent to an activating group) is 1. The lowest BCUT2D eigenvalue weighted by molar-refractivity contribution is -0.142. The average Bonchev–Trinajstić information content (AvgIpc) is 2.29. The Balaban J connectivity index is 3.05.